The van der Waals surface area contributed by atoms with E-state index in [1.807, 2.05) is 0 Å². The van der Waals surface area contributed by atoms with E-state index in [4.69, 9.17) is 0 Å². The van der Waals surface area contributed by atoms with Crippen molar-refractivity contribution in [3.05, 3.63) is 41.5 Å². The summed E-state index contributed by atoms with van der Waals surface area (Å²) in [6.45, 7) is 0.916. The molecule has 0 radical (unpaired) electrons. The van der Waals surface area contributed by atoms with E-state index in [0.717, 1.165) is 12.5 Å². The molecule has 2 aliphatic rings. The van der Waals surface area contributed by atoms with Crippen LogP contribution < -0.4 is 10.9 Å². The molecule has 0 unspecified atom stereocenters. The van der Waals surface area contributed by atoms with Gasteiger partial charge in [0.25, 0.3) is 0 Å². The fourth-order valence-corrected chi connectivity index (χ4v) is 2.91. The Labute approximate surface area is 103 Å². The Balaban J connectivity index is 1.75. The van der Waals surface area contributed by atoms with Gasteiger partial charge in [-0.15, -0.1) is 0 Å². The molecule has 1 heterocycles. The van der Waals surface area contributed by atoms with E-state index in [9.17, 15) is 0 Å². The zero-order valence-electron chi connectivity index (χ0n) is 10.2. The van der Waals surface area contributed by atoms with Gasteiger partial charge in [0.1, 0.15) is 0 Å². The summed E-state index contributed by atoms with van der Waals surface area (Å²) in [6.07, 6.45) is 9.18. The molecule has 1 aliphatic carbocycles. The predicted octanol–water partition coefficient (Wildman–Crippen LogP) is 3.18. The Bertz CT molecular complexity index is 399. The minimum atomic E-state index is 0.807. The second-order valence-electron chi connectivity index (χ2n) is 5.08. The summed E-state index contributed by atoms with van der Waals surface area (Å²) in [5, 5.41) is 0. The lowest BCUT2D eigenvalue weighted by molar-refractivity contribution is 0.443. The van der Waals surface area contributed by atoms with Crippen molar-refractivity contribution in [3.8, 4) is 0 Å². The van der Waals surface area contributed by atoms with Crippen LogP contribution in [0.15, 0.2) is 30.3 Å². The molecule has 90 valence electrons. The molecule has 0 atom stereocenters. The summed E-state index contributed by atoms with van der Waals surface area (Å²) in [5.41, 5.74) is 10.3. The van der Waals surface area contributed by atoms with Crippen LogP contribution >= 0.6 is 0 Å². The quantitative estimate of drug-likeness (QED) is 0.812. The molecule has 0 saturated heterocycles. The van der Waals surface area contributed by atoms with Crippen LogP contribution in [0, 0.1) is 0 Å². The summed E-state index contributed by atoms with van der Waals surface area (Å²) in [4.78, 5) is 0. The molecule has 1 aliphatic heterocycles. The van der Waals surface area contributed by atoms with Gasteiger partial charge in [0, 0.05) is 6.54 Å². The molecule has 1 saturated carbocycles. The first-order valence-corrected chi connectivity index (χ1v) is 6.73. The van der Waals surface area contributed by atoms with E-state index in [1.54, 1.807) is 0 Å². The molecule has 1 fully saturated rings. The number of hydrogen-bond acceptors (Lipinski definition) is 2. The number of hydrazine groups is 1. The molecular weight excluding hydrogens is 208 g/mol. The Morgan fingerprint density at radius 2 is 1.71 bits per heavy atom. The van der Waals surface area contributed by atoms with Crippen LogP contribution in [0.5, 0.6) is 0 Å². The van der Waals surface area contributed by atoms with Crippen LogP contribution in [-0.2, 0) is 0 Å². The van der Waals surface area contributed by atoms with Crippen LogP contribution in [0.1, 0.15) is 49.1 Å². The molecule has 0 amide bonds. The molecule has 0 spiro atoms. The number of benzene rings is 1. The molecule has 0 aromatic heterocycles. The normalized spacial score (nSPS) is 21.1. The minimum absolute atomic E-state index is 0.807. The van der Waals surface area contributed by atoms with Gasteiger partial charge in [-0.3, -0.25) is 0 Å². The largest absolute Gasteiger partial charge is 0.321 e. The first kappa shape index (κ1) is 10.8. The molecule has 2 N–H and O–H groups in total. The molecule has 17 heavy (non-hydrogen) atoms. The van der Waals surface area contributed by atoms with Crippen molar-refractivity contribution in [2.75, 3.05) is 6.54 Å². The SMILES string of the molecule is C1=C(c2ccc(C3CCCCC3)cc2)NNC1. The van der Waals surface area contributed by atoms with Gasteiger partial charge in [0.05, 0.1) is 5.70 Å². The van der Waals surface area contributed by atoms with Crippen molar-refractivity contribution in [3.63, 3.8) is 0 Å². The molecule has 1 aromatic rings. The highest BCUT2D eigenvalue weighted by atomic mass is 15.4. The monoisotopic (exact) mass is 228 g/mol. The summed E-state index contributed by atoms with van der Waals surface area (Å²) < 4.78 is 0. The third kappa shape index (κ3) is 2.37. The van der Waals surface area contributed by atoms with E-state index in [-0.39, 0.29) is 0 Å². The molecule has 1 aromatic carbocycles. The van der Waals surface area contributed by atoms with E-state index in [0.29, 0.717) is 0 Å². The van der Waals surface area contributed by atoms with Gasteiger partial charge in [0.2, 0.25) is 0 Å². The zero-order valence-corrected chi connectivity index (χ0v) is 10.2. The first-order chi connectivity index (χ1) is 8.43. The van der Waals surface area contributed by atoms with Gasteiger partial charge in [-0.25, -0.2) is 5.43 Å². The van der Waals surface area contributed by atoms with Crippen molar-refractivity contribution >= 4 is 5.70 Å². The predicted molar refractivity (Wildman–Crippen MR) is 71.4 cm³/mol. The highest BCUT2D eigenvalue weighted by Crippen LogP contribution is 2.32. The van der Waals surface area contributed by atoms with Crippen LogP contribution in [0.25, 0.3) is 5.70 Å². The van der Waals surface area contributed by atoms with Crippen LogP contribution in [0.3, 0.4) is 0 Å². The summed E-state index contributed by atoms with van der Waals surface area (Å²) >= 11 is 0. The third-order valence-electron chi connectivity index (χ3n) is 3.93. The maximum absolute atomic E-state index is 3.18. The Morgan fingerprint density at radius 1 is 0.941 bits per heavy atom. The highest BCUT2D eigenvalue weighted by Gasteiger charge is 2.15. The van der Waals surface area contributed by atoms with Gasteiger partial charge in [-0.2, -0.15) is 0 Å². The molecular formula is C15H20N2. The van der Waals surface area contributed by atoms with Crippen LogP contribution in [-0.4, -0.2) is 6.54 Å². The Kier molecular flexibility index (Phi) is 3.14. The lowest BCUT2D eigenvalue weighted by atomic mass is 9.84. The number of rotatable bonds is 2. The molecule has 3 rings (SSSR count). The zero-order chi connectivity index (χ0) is 11.5. The average Bonchev–Trinajstić information content (AvgIpc) is 2.94. The highest BCUT2D eigenvalue weighted by molar-refractivity contribution is 5.65. The fraction of sp³-hybridized carbons (Fsp3) is 0.467. The average molecular weight is 228 g/mol. The number of nitrogens with one attached hydrogen (secondary N) is 2. The second kappa shape index (κ2) is 4.92. The van der Waals surface area contributed by atoms with Crippen molar-refractivity contribution in [2.45, 2.75) is 38.0 Å². The van der Waals surface area contributed by atoms with Gasteiger partial charge >= 0.3 is 0 Å². The van der Waals surface area contributed by atoms with Gasteiger partial charge in [-0.05, 0) is 36.0 Å². The van der Waals surface area contributed by atoms with Crippen molar-refractivity contribution in [1.29, 1.82) is 0 Å². The topological polar surface area (TPSA) is 24.1 Å². The van der Waals surface area contributed by atoms with Gasteiger partial charge in [-0.1, -0.05) is 43.5 Å². The van der Waals surface area contributed by atoms with Crippen LogP contribution in [0.4, 0.5) is 0 Å². The molecule has 2 heteroatoms. The van der Waals surface area contributed by atoms with E-state index in [1.165, 1.54) is 48.9 Å². The summed E-state index contributed by atoms with van der Waals surface area (Å²) in [7, 11) is 0. The van der Waals surface area contributed by atoms with Gasteiger partial charge in [0.15, 0.2) is 0 Å². The van der Waals surface area contributed by atoms with E-state index >= 15 is 0 Å². The molecule has 0 bridgehead atoms. The smallest absolute Gasteiger partial charge is 0.0533 e. The Morgan fingerprint density at radius 3 is 2.35 bits per heavy atom. The summed E-state index contributed by atoms with van der Waals surface area (Å²) in [5.74, 6) is 0.807. The fourth-order valence-electron chi connectivity index (χ4n) is 2.91. The lowest BCUT2D eigenvalue weighted by Crippen LogP contribution is -2.22. The van der Waals surface area contributed by atoms with Crippen LogP contribution in [0.2, 0.25) is 0 Å². The third-order valence-corrected chi connectivity index (χ3v) is 3.93. The second-order valence-corrected chi connectivity index (χ2v) is 5.08. The standard InChI is InChI=1S/C15H20N2/c1-2-4-12(5-3-1)13-6-8-14(9-7-13)15-10-11-16-17-15/h6-10,12,16-17H,1-5,11H2. The maximum atomic E-state index is 3.18. The van der Waals surface area contributed by atoms with E-state index < -0.39 is 0 Å². The summed E-state index contributed by atoms with van der Waals surface area (Å²) in [6, 6.07) is 9.11. The Hall–Kier alpha value is -1.28. The van der Waals surface area contributed by atoms with Crippen molar-refractivity contribution < 1.29 is 0 Å². The minimum Gasteiger partial charge on any atom is -0.321 e. The van der Waals surface area contributed by atoms with Crippen molar-refractivity contribution in [1.82, 2.24) is 10.9 Å². The van der Waals surface area contributed by atoms with Crippen molar-refractivity contribution in [2.24, 2.45) is 0 Å². The van der Waals surface area contributed by atoms with Gasteiger partial charge < -0.3 is 5.43 Å². The lowest BCUT2D eigenvalue weighted by Gasteiger charge is -2.22. The first-order valence-electron chi connectivity index (χ1n) is 6.73. The van der Waals surface area contributed by atoms with E-state index in [2.05, 4.69) is 41.2 Å². The number of hydrogen-bond donors (Lipinski definition) is 2. The molecule has 2 nitrogen and oxygen atoms in total. The maximum Gasteiger partial charge on any atom is 0.0533 e.